The van der Waals surface area contributed by atoms with Gasteiger partial charge in [-0.15, -0.1) is 0 Å². The minimum Gasteiger partial charge on any atom is -0.403 e. The van der Waals surface area contributed by atoms with Gasteiger partial charge in [0, 0.05) is 61.2 Å². The second-order valence-electron chi connectivity index (χ2n) is 9.59. The highest BCUT2D eigenvalue weighted by Crippen LogP contribution is 2.35. The number of halogens is 1. The molecule has 0 saturated carbocycles. The molecule has 38 heavy (non-hydrogen) atoms. The molecule has 6 N–H and O–H groups in total. The van der Waals surface area contributed by atoms with Crippen LogP contribution in [0.15, 0.2) is 54.5 Å². The Bertz CT molecular complexity index is 1470. The molecule has 0 radical (unpaired) electrons. The Kier molecular flexibility index (Phi) is 7.43. The first kappa shape index (κ1) is 26.7. The molecule has 1 aliphatic heterocycles. The molecule has 200 valence electrons. The zero-order valence-corrected chi connectivity index (χ0v) is 22.3. The molecule has 3 heterocycles. The number of fused-ring (bicyclic) bond motifs is 2. The van der Waals surface area contributed by atoms with Gasteiger partial charge < -0.3 is 27.0 Å². The number of pyridine rings is 1. The molecule has 1 atom stereocenters. The van der Waals surface area contributed by atoms with Gasteiger partial charge in [0.25, 0.3) is 0 Å². The van der Waals surface area contributed by atoms with Crippen molar-refractivity contribution in [2.45, 2.75) is 46.2 Å². The normalized spacial score (nSPS) is 15.7. The lowest BCUT2D eigenvalue weighted by atomic mass is 9.95. The largest absolute Gasteiger partial charge is 0.403 e. The molecule has 0 aliphatic carbocycles. The van der Waals surface area contributed by atoms with Gasteiger partial charge in [-0.2, -0.15) is 5.10 Å². The number of nitrogen functional groups attached to an aromatic ring is 1. The number of aromatic nitrogens is 3. The molecule has 9 nitrogen and oxygen atoms in total. The van der Waals surface area contributed by atoms with E-state index in [9.17, 15) is 4.79 Å². The second-order valence-corrected chi connectivity index (χ2v) is 9.59. The Labute approximate surface area is 222 Å². The molecule has 3 aromatic rings. The molecule has 1 aromatic carbocycles. The molecule has 0 bridgehead atoms. The number of carbonyl (C=O) groups is 1. The van der Waals surface area contributed by atoms with Crippen LogP contribution in [0.1, 0.15) is 38.4 Å². The van der Waals surface area contributed by atoms with Crippen molar-refractivity contribution in [3.63, 3.8) is 0 Å². The quantitative estimate of drug-likeness (QED) is 0.320. The van der Waals surface area contributed by atoms with Gasteiger partial charge >= 0.3 is 0 Å². The van der Waals surface area contributed by atoms with E-state index in [-0.39, 0.29) is 29.7 Å². The standard InChI is InChI=1S/C28H35FN8O/c1-6-16(3)36-9-8-19-12-25(34-37(19)15-26(36)38)35(5)24-11-18-10-21(20(7-2)17(4)23(31)13-30)27(29)28(32)22(18)14-33-24/h7,10-14,16H,2,6,8-9,15,30-32H2,1,3-5H3/b20-17+,23-13+. The van der Waals surface area contributed by atoms with E-state index in [1.807, 2.05) is 29.0 Å². The SMILES string of the molecule is C=C/C(=C(C)\C(N)=C/N)c1cc2cc(N(C)c3cc4n(n3)CC(=O)N(C(C)CC)CC4)ncc2c(N)c1F. The lowest BCUT2D eigenvalue weighted by molar-refractivity contribution is -0.133. The average molecular weight is 519 g/mol. The predicted octanol–water partition coefficient (Wildman–Crippen LogP) is 3.82. The summed E-state index contributed by atoms with van der Waals surface area (Å²) in [5.74, 6) is 0.747. The molecule has 2 aromatic heterocycles. The Morgan fingerprint density at radius 1 is 1.32 bits per heavy atom. The topological polar surface area (TPSA) is 132 Å². The summed E-state index contributed by atoms with van der Waals surface area (Å²) in [6, 6.07) is 5.71. The molecule has 10 heteroatoms. The van der Waals surface area contributed by atoms with Crippen LogP contribution in [0.5, 0.6) is 0 Å². The van der Waals surface area contributed by atoms with Crippen molar-refractivity contribution in [3.05, 3.63) is 71.6 Å². The maximum atomic E-state index is 15.3. The van der Waals surface area contributed by atoms with Gasteiger partial charge in [-0.25, -0.2) is 9.37 Å². The molecule has 4 rings (SSSR count). The highest BCUT2D eigenvalue weighted by molar-refractivity contribution is 5.98. The Balaban J connectivity index is 1.72. The highest BCUT2D eigenvalue weighted by Gasteiger charge is 2.26. The first-order chi connectivity index (χ1) is 18.1. The van der Waals surface area contributed by atoms with Gasteiger partial charge in [0.1, 0.15) is 12.4 Å². The van der Waals surface area contributed by atoms with Gasteiger partial charge in [-0.1, -0.05) is 19.6 Å². The molecular weight excluding hydrogens is 483 g/mol. The lowest BCUT2D eigenvalue weighted by Crippen LogP contribution is -2.39. The van der Waals surface area contributed by atoms with E-state index in [4.69, 9.17) is 22.3 Å². The van der Waals surface area contributed by atoms with Crippen molar-refractivity contribution in [3.8, 4) is 0 Å². The van der Waals surface area contributed by atoms with E-state index in [0.717, 1.165) is 18.5 Å². The average Bonchev–Trinajstić information content (AvgIpc) is 3.25. The third-order valence-electron chi connectivity index (χ3n) is 7.37. The first-order valence-electron chi connectivity index (χ1n) is 12.6. The number of amides is 1. The van der Waals surface area contributed by atoms with Crippen LogP contribution >= 0.6 is 0 Å². The van der Waals surface area contributed by atoms with Gasteiger partial charge in [0.05, 0.1) is 11.4 Å². The fourth-order valence-corrected chi connectivity index (χ4v) is 4.74. The van der Waals surface area contributed by atoms with Crippen LogP contribution in [0.25, 0.3) is 16.3 Å². The number of anilines is 3. The van der Waals surface area contributed by atoms with E-state index >= 15 is 4.39 Å². The molecule has 1 unspecified atom stereocenters. The number of nitrogens with zero attached hydrogens (tertiary/aromatic N) is 5. The third-order valence-corrected chi connectivity index (χ3v) is 7.37. The van der Waals surface area contributed by atoms with Crippen LogP contribution in [0.3, 0.4) is 0 Å². The zero-order valence-electron chi connectivity index (χ0n) is 22.3. The van der Waals surface area contributed by atoms with Crippen LogP contribution in [0.2, 0.25) is 0 Å². The molecule has 1 aliphatic rings. The number of benzene rings is 1. The summed E-state index contributed by atoms with van der Waals surface area (Å²) in [6.07, 6.45) is 5.98. The van der Waals surface area contributed by atoms with Gasteiger partial charge in [0.15, 0.2) is 11.6 Å². The summed E-state index contributed by atoms with van der Waals surface area (Å²) in [5, 5.41) is 5.88. The Morgan fingerprint density at radius 2 is 2.05 bits per heavy atom. The molecular formula is C28H35FN8O. The number of hydrogen-bond donors (Lipinski definition) is 3. The minimum absolute atomic E-state index is 0.0141. The van der Waals surface area contributed by atoms with E-state index in [2.05, 4.69) is 25.4 Å². The van der Waals surface area contributed by atoms with Crippen molar-refractivity contribution in [2.24, 2.45) is 11.5 Å². The predicted molar refractivity (Wildman–Crippen MR) is 151 cm³/mol. The fraction of sp³-hybridized carbons (Fsp3) is 0.321. The Morgan fingerprint density at radius 3 is 2.71 bits per heavy atom. The summed E-state index contributed by atoms with van der Waals surface area (Å²) >= 11 is 0. The summed E-state index contributed by atoms with van der Waals surface area (Å²) in [6.45, 7) is 10.6. The number of hydrogen-bond acceptors (Lipinski definition) is 7. The zero-order chi connectivity index (χ0) is 27.7. The van der Waals surface area contributed by atoms with Gasteiger partial charge in [-0.3, -0.25) is 9.48 Å². The summed E-state index contributed by atoms with van der Waals surface area (Å²) in [5.41, 5.74) is 20.4. The van der Waals surface area contributed by atoms with E-state index in [1.165, 1.54) is 12.3 Å². The number of carbonyl (C=O) groups excluding carboxylic acids is 1. The fourth-order valence-electron chi connectivity index (χ4n) is 4.74. The highest BCUT2D eigenvalue weighted by atomic mass is 19.1. The van der Waals surface area contributed by atoms with Gasteiger partial charge in [-0.05, 0) is 48.9 Å². The third kappa shape index (κ3) is 4.69. The van der Waals surface area contributed by atoms with Crippen molar-refractivity contribution in [1.82, 2.24) is 19.7 Å². The van der Waals surface area contributed by atoms with Crippen molar-refractivity contribution in [1.29, 1.82) is 0 Å². The number of rotatable bonds is 7. The Hall–Kier alpha value is -4.34. The first-order valence-corrected chi connectivity index (χ1v) is 12.6. The maximum absolute atomic E-state index is 15.3. The summed E-state index contributed by atoms with van der Waals surface area (Å²) in [7, 11) is 1.85. The van der Waals surface area contributed by atoms with Crippen LogP contribution < -0.4 is 22.1 Å². The van der Waals surface area contributed by atoms with Crippen LogP contribution in [0.4, 0.5) is 21.7 Å². The van der Waals surface area contributed by atoms with Crippen LogP contribution in [-0.2, 0) is 17.8 Å². The van der Waals surface area contributed by atoms with Gasteiger partial charge in [0.2, 0.25) is 5.91 Å². The summed E-state index contributed by atoms with van der Waals surface area (Å²) in [4.78, 5) is 21.1. The van der Waals surface area contributed by atoms with Crippen molar-refractivity contribution < 1.29 is 9.18 Å². The smallest absolute Gasteiger partial charge is 0.244 e. The molecule has 0 saturated heterocycles. The van der Waals surface area contributed by atoms with Crippen LogP contribution in [0, 0.1) is 5.82 Å². The summed E-state index contributed by atoms with van der Waals surface area (Å²) < 4.78 is 17.1. The maximum Gasteiger partial charge on any atom is 0.244 e. The second kappa shape index (κ2) is 10.6. The minimum atomic E-state index is -0.576. The molecule has 0 fully saturated rings. The lowest BCUT2D eigenvalue weighted by Gasteiger charge is -2.26. The molecule has 0 spiro atoms. The number of allylic oxidation sites excluding steroid dienone is 3. The van der Waals surface area contributed by atoms with E-state index < -0.39 is 5.82 Å². The van der Waals surface area contributed by atoms with Crippen molar-refractivity contribution in [2.75, 3.05) is 24.2 Å². The van der Waals surface area contributed by atoms with Crippen LogP contribution in [-0.4, -0.2) is 45.2 Å². The number of nitrogens with two attached hydrogens (primary N) is 3. The molecule has 1 amide bonds. The van der Waals surface area contributed by atoms with E-state index in [0.29, 0.717) is 45.8 Å². The van der Waals surface area contributed by atoms with Crippen molar-refractivity contribution >= 4 is 39.6 Å². The monoisotopic (exact) mass is 518 g/mol. The van der Waals surface area contributed by atoms with E-state index in [1.54, 1.807) is 23.9 Å².